The molecule has 0 unspecified atom stereocenters. The monoisotopic (exact) mass is 396 g/mol. The number of carboxylic acids is 1. The van der Waals surface area contributed by atoms with E-state index in [1.165, 1.54) is 12.1 Å². The first-order valence-corrected chi connectivity index (χ1v) is 9.07. The third-order valence-electron chi connectivity index (χ3n) is 4.38. The number of aliphatic carboxylic acids is 1. The van der Waals surface area contributed by atoms with Crippen molar-refractivity contribution in [1.82, 2.24) is 4.98 Å². The minimum absolute atomic E-state index is 0.0896. The van der Waals surface area contributed by atoms with Gasteiger partial charge >= 0.3 is 5.97 Å². The predicted molar refractivity (Wildman–Crippen MR) is 105 cm³/mol. The molecule has 3 rings (SSSR count). The Morgan fingerprint density at radius 1 is 1.21 bits per heavy atom. The van der Waals surface area contributed by atoms with Gasteiger partial charge in [-0.3, -0.25) is 14.9 Å². The SMILES string of the molecule is Cc1oc(-c2ccccc2)nc1CCOc1ccc(CCC(=O)O)c([N+](=O)[O-])c1. The Kier molecular flexibility index (Phi) is 6.23. The van der Waals surface area contributed by atoms with Crippen LogP contribution in [0.4, 0.5) is 5.69 Å². The van der Waals surface area contributed by atoms with Crippen LogP contribution in [0, 0.1) is 17.0 Å². The van der Waals surface area contributed by atoms with E-state index in [9.17, 15) is 14.9 Å². The molecule has 0 saturated heterocycles. The van der Waals surface area contributed by atoms with E-state index >= 15 is 0 Å². The molecular formula is C21H20N2O6. The second kappa shape index (κ2) is 9.01. The highest BCUT2D eigenvalue weighted by molar-refractivity contribution is 5.67. The summed E-state index contributed by atoms with van der Waals surface area (Å²) in [5, 5.41) is 20.0. The van der Waals surface area contributed by atoms with E-state index in [2.05, 4.69) is 4.98 Å². The number of aromatic nitrogens is 1. The fraction of sp³-hybridized carbons (Fsp3) is 0.238. The number of aryl methyl sites for hydroxylation is 2. The number of nitrogens with zero attached hydrogens (tertiary/aromatic N) is 2. The molecule has 0 spiro atoms. The van der Waals surface area contributed by atoms with Gasteiger partial charge in [0.1, 0.15) is 11.5 Å². The maximum Gasteiger partial charge on any atom is 0.303 e. The number of ether oxygens (including phenoxy) is 1. The fourth-order valence-corrected chi connectivity index (χ4v) is 2.89. The molecule has 1 heterocycles. The summed E-state index contributed by atoms with van der Waals surface area (Å²) in [6, 6.07) is 14.0. The molecule has 0 aliphatic heterocycles. The lowest BCUT2D eigenvalue weighted by molar-refractivity contribution is -0.385. The molecule has 0 radical (unpaired) electrons. The van der Waals surface area contributed by atoms with E-state index < -0.39 is 10.9 Å². The van der Waals surface area contributed by atoms with E-state index in [0.29, 0.717) is 29.4 Å². The summed E-state index contributed by atoms with van der Waals surface area (Å²) in [4.78, 5) is 26.0. The summed E-state index contributed by atoms with van der Waals surface area (Å²) in [5.74, 6) is 0.580. The van der Waals surface area contributed by atoms with Crippen LogP contribution in [0.3, 0.4) is 0 Å². The van der Waals surface area contributed by atoms with Crippen molar-refractivity contribution in [2.75, 3.05) is 6.61 Å². The summed E-state index contributed by atoms with van der Waals surface area (Å²) in [6.45, 7) is 2.10. The van der Waals surface area contributed by atoms with Gasteiger partial charge in [0.25, 0.3) is 5.69 Å². The van der Waals surface area contributed by atoms with E-state index in [1.54, 1.807) is 6.07 Å². The molecule has 8 heteroatoms. The lowest BCUT2D eigenvalue weighted by Crippen LogP contribution is -2.05. The van der Waals surface area contributed by atoms with Crippen molar-refractivity contribution >= 4 is 11.7 Å². The minimum Gasteiger partial charge on any atom is -0.493 e. The normalized spacial score (nSPS) is 10.7. The molecule has 1 N–H and O–H groups in total. The Balaban J connectivity index is 1.64. The number of oxazole rings is 1. The summed E-state index contributed by atoms with van der Waals surface area (Å²) < 4.78 is 11.4. The highest BCUT2D eigenvalue weighted by Crippen LogP contribution is 2.26. The lowest BCUT2D eigenvalue weighted by atomic mass is 10.1. The van der Waals surface area contributed by atoms with Crippen molar-refractivity contribution < 1.29 is 24.0 Å². The Labute approximate surface area is 166 Å². The zero-order valence-corrected chi connectivity index (χ0v) is 15.8. The summed E-state index contributed by atoms with van der Waals surface area (Å²) in [7, 11) is 0. The number of carbonyl (C=O) groups is 1. The van der Waals surface area contributed by atoms with Gasteiger partial charge in [0.15, 0.2) is 0 Å². The van der Waals surface area contributed by atoms with Crippen LogP contribution >= 0.6 is 0 Å². The Hall–Kier alpha value is -3.68. The quantitative estimate of drug-likeness (QED) is 0.426. The van der Waals surface area contributed by atoms with E-state index in [-0.39, 0.29) is 25.1 Å². The highest BCUT2D eigenvalue weighted by atomic mass is 16.6. The van der Waals surface area contributed by atoms with E-state index in [1.807, 2.05) is 37.3 Å². The molecule has 0 aliphatic carbocycles. The van der Waals surface area contributed by atoms with E-state index in [4.69, 9.17) is 14.3 Å². The molecule has 150 valence electrons. The lowest BCUT2D eigenvalue weighted by Gasteiger charge is -2.07. The Morgan fingerprint density at radius 2 is 1.97 bits per heavy atom. The third kappa shape index (κ3) is 5.19. The van der Waals surface area contributed by atoms with Crippen LogP contribution in [0.25, 0.3) is 11.5 Å². The molecular weight excluding hydrogens is 376 g/mol. The van der Waals surface area contributed by atoms with Crippen molar-refractivity contribution in [3.05, 3.63) is 75.7 Å². The topological polar surface area (TPSA) is 116 Å². The Morgan fingerprint density at radius 3 is 2.66 bits per heavy atom. The Bertz CT molecular complexity index is 1010. The van der Waals surface area contributed by atoms with Gasteiger partial charge in [0.05, 0.1) is 23.3 Å². The maximum absolute atomic E-state index is 11.3. The number of nitro benzene ring substituents is 1. The molecule has 0 fully saturated rings. The second-order valence-corrected chi connectivity index (χ2v) is 6.43. The molecule has 29 heavy (non-hydrogen) atoms. The zero-order valence-electron chi connectivity index (χ0n) is 15.8. The molecule has 1 aromatic heterocycles. The molecule has 0 bridgehead atoms. The van der Waals surface area contributed by atoms with E-state index in [0.717, 1.165) is 11.3 Å². The smallest absolute Gasteiger partial charge is 0.303 e. The van der Waals surface area contributed by atoms with Gasteiger partial charge in [-0.2, -0.15) is 0 Å². The fourth-order valence-electron chi connectivity index (χ4n) is 2.89. The second-order valence-electron chi connectivity index (χ2n) is 6.43. The van der Waals surface area contributed by atoms with Crippen molar-refractivity contribution in [3.63, 3.8) is 0 Å². The van der Waals surface area contributed by atoms with Gasteiger partial charge in [-0.15, -0.1) is 0 Å². The van der Waals surface area contributed by atoms with Gasteiger partial charge < -0.3 is 14.3 Å². The van der Waals surface area contributed by atoms with Crippen molar-refractivity contribution in [3.8, 4) is 17.2 Å². The van der Waals surface area contributed by atoms with Crippen molar-refractivity contribution in [2.24, 2.45) is 0 Å². The number of benzene rings is 2. The molecule has 0 aliphatic rings. The largest absolute Gasteiger partial charge is 0.493 e. The minimum atomic E-state index is -1.00. The first-order chi connectivity index (χ1) is 13.9. The molecule has 0 atom stereocenters. The third-order valence-corrected chi connectivity index (χ3v) is 4.38. The predicted octanol–water partition coefficient (Wildman–Crippen LogP) is 4.20. The first-order valence-electron chi connectivity index (χ1n) is 9.07. The zero-order chi connectivity index (χ0) is 20.8. The molecule has 2 aromatic carbocycles. The van der Waals surface area contributed by atoms with Gasteiger partial charge in [0, 0.05) is 24.0 Å². The molecule has 8 nitrogen and oxygen atoms in total. The number of carboxylic acid groups (broad SMARTS) is 1. The van der Waals surface area contributed by atoms with Gasteiger partial charge in [-0.25, -0.2) is 4.98 Å². The van der Waals surface area contributed by atoms with Crippen LogP contribution < -0.4 is 4.74 Å². The summed E-state index contributed by atoms with van der Waals surface area (Å²) in [6.07, 6.45) is 0.402. The average Bonchev–Trinajstić information content (AvgIpc) is 3.08. The summed E-state index contributed by atoms with van der Waals surface area (Å²) in [5.41, 5.74) is 1.86. The van der Waals surface area contributed by atoms with Gasteiger partial charge in [0.2, 0.25) is 5.89 Å². The van der Waals surface area contributed by atoms with Gasteiger partial charge in [-0.05, 0) is 37.6 Å². The summed E-state index contributed by atoms with van der Waals surface area (Å²) >= 11 is 0. The standard InChI is InChI=1S/C21H20N2O6/c1-14-18(22-21(29-14)16-5-3-2-4-6-16)11-12-28-17-9-7-15(8-10-20(24)25)19(13-17)23(26)27/h2-7,9,13H,8,10-12H2,1H3,(H,24,25). The number of nitro groups is 1. The number of hydrogen-bond acceptors (Lipinski definition) is 6. The number of hydrogen-bond donors (Lipinski definition) is 1. The first kappa shape index (κ1) is 20.1. The molecule has 0 amide bonds. The van der Waals surface area contributed by atoms with Crippen LogP contribution in [-0.4, -0.2) is 27.6 Å². The van der Waals surface area contributed by atoms with Crippen LogP contribution in [0.1, 0.15) is 23.4 Å². The molecule has 3 aromatic rings. The van der Waals surface area contributed by atoms with Crippen LogP contribution in [0.2, 0.25) is 0 Å². The van der Waals surface area contributed by atoms with Crippen molar-refractivity contribution in [2.45, 2.75) is 26.2 Å². The maximum atomic E-state index is 11.3. The van der Waals surface area contributed by atoms with Crippen molar-refractivity contribution in [1.29, 1.82) is 0 Å². The molecule has 0 saturated carbocycles. The highest BCUT2D eigenvalue weighted by Gasteiger charge is 2.17. The van der Waals surface area contributed by atoms with Crippen LogP contribution in [0.15, 0.2) is 52.9 Å². The van der Waals surface area contributed by atoms with Gasteiger partial charge in [-0.1, -0.05) is 18.2 Å². The van der Waals surface area contributed by atoms with Crippen LogP contribution in [-0.2, 0) is 17.6 Å². The average molecular weight is 396 g/mol. The van der Waals surface area contributed by atoms with Crippen LogP contribution in [0.5, 0.6) is 5.75 Å². The number of rotatable bonds is 9.